The van der Waals surface area contributed by atoms with Gasteiger partial charge in [-0.15, -0.1) is 12.6 Å². The van der Waals surface area contributed by atoms with Crippen molar-refractivity contribution in [1.82, 2.24) is 4.90 Å². The number of halogens is 1. The van der Waals surface area contributed by atoms with Crippen molar-refractivity contribution in [3.8, 4) is 0 Å². The molecule has 1 N–H and O–H groups in total. The summed E-state index contributed by atoms with van der Waals surface area (Å²) in [5.41, 5.74) is 0.539. The van der Waals surface area contributed by atoms with Gasteiger partial charge >= 0.3 is 0 Å². The molecule has 0 aliphatic carbocycles. The van der Waals surface area contributed by atoms with Gasteiger partial charge in [-0.05, 0) is 18.2 Å². The minimum atomic E-state index is -0.137. The third-order valence-corrected chi connectivity index (χ3v) is 2.84. The molecule has 0 fully saturated rings. The first-order valence-electron chi connectivity index (χ1n) is 4.41. The third kappa shape index (κ3) is 3.22. The average Bonchev–Trinajstić information content (AvgIpc) is 2.17. The Labute approximate surface area is 103 Å². The van der Waals surface area contributed by atoms with Gasteiger partial charge in [0.2, 0.25) is 0 Å². The van der Waals surface area contributed by atoms with Gasteiger partial charge in [-0.3, -0.25) is 4.79 Å². The first kappa shape index (κ1) is 12.5. The summed E-state index contributed by atoms with van der Waals surface area (Å²) in [6.07, 6.45) is 0. The molecular formula is C10H12BrNO2S. The number of thiol groups is 1. The highest BCUT2D eigenvalue weighted by atomic mass is 79.9. The summed E-state index contributed by atoms with van der Waals surface area (Å²) in [4.78, 5) is 13.9. The topological polar surface area (TPSA) is 40.5 Å². The van der Waals surface area contributed by atoms with Crippen LogP contribution < -0.4 is 0 Å². The fourth-order valence-corrected chi connectivity index (χ4v) is 1.99. The van der Waals surface area contributed by atoms with Crippen LogP contribution in [0.5, 0.6) is 0 Å². The van der Waals surface area contributed by atoms with Gasteiger partial charge in [0, 0.05) is 23.0 Å². The maximum Gasteiger partial charge on any atom is 0.254 e. The van der Waals surface area contributed by atoms with E-state index in [1.807, 2.05) is 0 Å². The Morgan fingerprint density at radius 1 is 1.60 bits per heavy atom. The SMILES string of the molecule is CN(CCO)C(=O)c1ccc(Br)cc1S. The molecule has 0 aromatic heterocycles. The van der Waals surface area contributed by atoms with Gasteiger partial charge in [-0.1, -0.05) is 15.9 Å². The van der Waals surface area contributed by atoms with E-state index in [0.29, 0.717) is 17.0 Å². The summed E-state index contributed by atoms with van der Waals surface area (Å²) in [6.45, 7) is 0.281. The van der Waals surface area contributed by atoms with E-state index in [1.54, 1.807) is 25.2 Å². The molecule has 1 aromatic rings. The molecule has 0 bridgehead atoms. The molecule has 0 saturated heterocycles. The van der Waals surface area contributed by atoms with Crippen LogP contribution in [0, 0.1) is 0 Å². The second-order valence-corrected chi connectivity index (χ2v) is 4.51. The van der Waals surface area contributed by atoms with Crippen molar-refractivity contribution >= 4 is 34.5 Å². The van der Waals surface area contributed by atoms with Crippen LogP contribution in [0.1, 0.15) is 10.4 Å². The number of aliphatic hydroxyl groups is 1. The molecule has 15 heavy (non-hydrogen) atoms. The van der Waals surface area contributed by atoms with Crippen molar-refractivity contribution in [1.29, 1.82) is 0 Å². The summed E-state index contributed by atoms with van der Waals surface area (Å²) >= 11 is 7.53. The molecule has 0 aliphatic rings. The molecule has 0 aliphatic heterocycles. The molecule has 3 nitrogen and oxygen atoms in total. The van der Waals surface area contributed by atoms with Crippen molar-refractivity contribution < 1.29 is 9.90 Å². The molecular weight excluding hydrogens is 278 g/mol. The molecule has 1 aromatic carbocycles. The Hall–Kier alpha value is -0.520. The molecule has 0 atom stereocenters. The van der Waals surface area contributed by atoms with Gasteiger partial charge < -0.3 is 10.0 Å². The quantitative estimate of drug-likeness (QED) is 0.833. The number of rotatable bonds is 3. The van der Waals surface area contributed by atoms with E-state index in [1.165, 1.54) is 4.90 Å². The molecule has 0 unspecified atom stereocenters. The number of nitrogens with zero attached hydrogens (tertiary/aromatic N) is 1. The molecule has 1 amide bonds. The van der Waals surface area contributed by atoms with Crippen molar-refractivity contribution in [3.63, 3.8) is 0 Å². The van der Waals surface area contributed by atoms with Gasteiger partial charge in [-0.25, -0.2) is 0 Å². The lowest BCUT2D eigenvalue weighted by Gasteiger charge is -2.16. The minimum absolute atomic E-state index is 0.0410. The average molecular weight is 290 g/mol. The van der Waals surface area contributed by atoms with E-state index in [9.17, 15) is 4.79 Å². The fourth-order valence-electron chi connectivity index (χ4n) is 1.14. The predicted molar refractivity (Wildman–Crippen MR) is 65.4 cm³/mol. The first-order valence-corrected chi connectivity index (χ1v) is 5.65. The number of carbonyl (C=O) groups is 1. The number of carbonyl (C=O) groups excluding carboxylic acids is 1. The number of likely N-dealkylation sites (N-methyl/N-ethyl adjacent to an activating group) is 1. The monoisotopic (exact) mass is 289 g/mol. The Morgan fingerprint density at radius 2 is 2.27 bits per heavy atom. The Balaban J connectivity index is 2.91. The van der Waals surface area contributed by atoms with Crippen molar-refractivity contribution in [2.24, 2.45) is 0 Å². The zero-order valence-corrected chi connectivity index (χ0v) is 10.8. The highest BCUT2D eigenvalue weighted by Gasteiger charge is 2.13. The Kier molecular flexibility index (Phi) is 4.63. The predicted octanol–water partition coefficient (Wildman–Crippen LogP) is 1.80. The fraction of sp³-hybridized carbons (Fsp3) is 0.300. The van der Waals surface area contributed by atoms with Crippen LogP contribution in [0.25, 0.3) is 0 Å². The Bertz CT molecular complexity index is 370. The Morgan fingerprint density at radius 3 is 2.80 bits per heavy atom. The zero-order chi connectivity index (χ0) is 11.4. The van der Waals surface area contributed by atoms with Crippen LogP contribution in [0.15, 0.2) is 27.6 Å². The summed E-state index contributed by atoms with van der Waals surface area (Å²) < 4.78 is 0.883. The lowest BCUT2D eigenvalue weighted by Crippen LogP contribution is -2.29. The molecule has 0 heterocycles. The molecule has 0 radical (unpaired) electrons. The molecule has 82 valence electrons. The van der Waals surface area contributed by atoms with Crippen molar-refractivity contribution in [2.75, 3.05) is 20.2 Å². The van der Waals surface area contributed by atoms with Gasteiger partial charge in [0.1, 0.15) is 0 Å². The van der Waals surface area contributed by atoms with Gasteiger partial charge in [-0.2, -0.15) is 0 Å². The smallest absolute Gasteiger partial charge is 0.254 e. The summed E-state index contributed by atoms with van der Waals surface area (Å²) in [5, 5.41) is 8.73. The highest BCUT2D eigenvalue weighted by molar-refractivity contribution is 9.10. The largest absolute Gasteiger partial charge is 0.395 e. The third-order valence-electron chi connectivity index (χ3n) is 1.97. The number of hydrogen-bond donors (Lipinski definition) is 2. The van der Waals surface area contributed by atoms with Crippen LogP contribution in [0.3, 0.4) is 0 Å². The van der Waals surface area contributed by atoms with Crippen molar-refractivity contribution in [3.05, 3.63) is 28.2 Å². The van der Waals surface area contributed by atoms with Crippen LogP contribution in [0.4, 0.5) is 0 Å². The number of hydrogen-bond acceptors (Lipinski definition) is 3. The maximum atomic E-state index is 11.8. The minimum Gasteiger partial charge on any atom is -0.395 e. The first-order chi connectivity index (χ1) is 7.06. The van der Waals surface area contributed by atoms with Gasteiger partial charge in [0.15, 0.2) is 0 Å². The zero-order valence-electron chi connectivity index (χ0n) is 8.27. The van der Waals surface area contributed by atoms with E-state index in [4.69, 9.17) is 5.11 Å². The lowest BCUT2D eigenvalue weighted by molar-refractivity contribution is 0.0763. The van der Waals surface area contributed by atoms with Crippen LogP contribution >= 0.6 is 28.6 Å². The van der Waals surface area contributed by atoms with Gasteiger partial charge in [0.05, 0.1) is 12.2 Å². The summed E-state index contributed by atoms with van der Waals surface area (Å²) in [7, 11) is 1.65. The normalized spacial score (nSPS) is 10.1. The van der Waals surface area contributed by atoms with E-state index < -0.39 is 0 Å². The van der Waals surface area contributed by atoms with E-state index in [-0.39, 0.29) is 12.5 Å². The number of aliphatic hydroxyl groups excluding tert-OH is 1. The highest BCUT2D eigenvalue weighted by Crippen LogP contribution is 2.20. The molecule has 1 rings (SSSR count). The maximum absolute atomic E-state index is 11.8. The lowest BCUT2D eigenvalue weighted by atomic mass is 10.2. The summed E-state index contributed by atoms with van der Waals surface area (Å²) in [6, 6.07) is 5.27. The second-order valence-electron chi connectivity index (χ2n) is 3.11. The van der Waals surface area contributed by atoms with E-state index in [2.05, 4.69) is 28.6 Å². The summed E-state index contributed by atoms with van der Waals surface area (Å²) in [5.74, 6) is -0.137. The molecule has 5 heteroatoms. The molecule has 0 spiro atoms. The standard InChI is InChI=1S/C10H12BrNO2S/c1-12(4-5-13)10(14)8-3-2-7(11)6-9(8)15/h2-3,6,13,15H,4-5H2,1H3. The number of amides is 1. The van der Waals surface area contributed by atoms with Crippen LogP contribution in [-0.4, -0.2) is 36.1 Å². The van der Waals surface area contributed by atoms with Crippen LogP contribution in [-0.2, 0) is 0 Å². The van der Waals surface area contributed by atoms with Gasteiger partial charge in [0.25, 0.3) is 5.91 Å². The molecule has 0 saturated carbocycles. The van der Waals surface area contributed by atoms with E-state index in [0.717, 1.165) is 4.47 Å². The number of benzene rings is 1. The van der Waals surface area contributed by atoms with Crippen LogP contribution in [0.2, 0.25) is 0 Å². The van der Waals surface area contributed by atoms with Crippen molar-refractivity contribution in [2.45, 2.75) is 4.90 Å². The van der Waals surface area contributed by atoms with E-state index >= 15 is 0 Å². The second kappa shape index (κ2) is 5.53.